The average molecular weight is 263 g/mol. The van der Waals surface area contributed by atoms with E-state index in [-0.39, 0.29) is 0 Å². The lowest BCUT2D eigenvalue weighted by Crippen LogP contribution is -2.46. The average Bonchev–Trinajstić information content (AvgIpc) is 2.39. The minimum Gasteiger partial charge on any atom is -0.496 e. The summed E-state index contributed by atoms with van der Waals surface area (Å²) in [4.78, 5) is 14.1. The van der Waals surface area contributed by atoms with Gasteiger partial charge >= 0.3 is 5.97 Å². The van der Waals surface area contributed by atoms with Gasteiger partial charge in [-0.05, 0) is 46.0 Å². The van der Waals surface area contributed by atoms with E-state index in [1.54, 1.807) is 7.11 Å². The highest BCUT2D eigenvalue weighted by atomic mass is 16.5. The maximum atomic E-state index is 11.9. The van der Waals surface area contributed by atoms with Crippen LogP contribution in [0, 0.1) is 6.92 Å². The van der Waals surface area contributed by atoms with E-state index in [2.05, 4.69) is 4.90 Å². The van der Waals surface area contributed by atoms with Crippen molar-refractivity contribution in [1.29, 1.82) is 0 Å². The summed E-state index contributed by atoms with van der Waals surface area (Å²) in [6.45, 7) is 3.57. The van der Waals surface area contributed by atoms with Gasteiger partial charge in [-0.2, -0.15) is 0 Å². The molecule has 104 valence electrons. The number of rotatable bonds is 3. The molecule has 1 aliphatic heterocycles. The van der Waals surface area contributed by atoms with Crippen molar-refractivity contribution in [2.45, 2.75) is 25.2 Å². The number of piperidine rings is 1. The Kier molecular flexibility index (Phi) is 3.80. The van der Waals surface area contributed by atoms with Crippen LogP contribution in [-0.2, 0) is 10.2 Å². The van der Waals surface area contributed by atoms with E-state index in [9.17, 15) is 9.90 Å². The molecule has 19 heavy (non-hydrogen) atoms. The van der Waals surface area contributed by atoms with Crippen molar-refractivity contribution in [2.75, 3.05) is 27.2 Å². The highest BCUT2D eigenvalue weighted by molar-refractivity contribution is 5.83. The molecule has 1 heterocycles. The Morgan fingerprint density at radius 2 is 2.00 bits per heavy atom. The number of carboxylic acids is 1. The van der Waals surface area contributed by atoms with Gasteiger partial charge in [-0.1, -0.05) is 17.7 Å². The molecule has 1 aromatic rings. The van der Waals surface area contributed by atoms with Crippen LogP contribution in [0.5, 0.6) is 5.75 Å². The Hall–Kier alpha value is -1.55. The Morgan fingerprint density at radius 1 is 1.37 bits per heavy atom. The van der Waals surface area contributed by atoms with Gasteiger partial charge < -0.3 is 14.7 Å². The van der Waals surface area contributed by atoms with Gasteiger partial charge in [0.15, 0.2) is 0 Å². The van der Waals surface area contributed by atoms with Crippen molar-refractivity contribution in [3.05, 3.63) is 29.3 Å². The maximum absolute atomic E-state index is 11.9. The summed E-state index contributed by atoms with van der Waals surface area (Å²) in [6, 6.07) is 5.78. The predicted octanol–water partition coefficient (Wildman–Crippen LogP) is 2.05. The summed E-state index contributed by atoms with van der Waals surface area (Å²) in [6.07, 6.45) is 1.25. The zero-order chi connectivity index (χ0) is 14.0. The largest absolute Gasteiger partial charge is 0.496 e. The molecule has 0 atom stereocenters. The van der Waals surface area contributed by atoms with E-state index >= 15 is 0 Å². The first-order chi connectivity index (χ1) is 8.99. The van der Waals surface area contributed by atoms with Gasteiger partial charge in [-0.25, -0.2) is 0 Å². The van der Waals surface area contributed by atoms with Crippen molar-refractivity contribution >= 4 is 5.97 Å². The minimum atomic E-state index is -0.816. The predicted molar refractivity (Wildman–Crippen MR) is 73.8 cm³/mol. The zero-order valence-electron chi connectivity index (χ0n) is 11.8. The van der Waals surface area contributed by atoms with Crippen LogP contribution in [0.4, 0.5) is 0 Å². The van der Waals surface area contributed by atoms with E-state index in [1.807, 2.05) is 32.2 Å². The smallest absolute Gasteiger partial charge is 0.314 e. The number of aliphatic carboxylic acids is 1. The molecule has 4 nitrogen and oxygen atoms in total. The van der Waals surface area contributed by atoms with Gasteiger partial charge in [0.05, 0.1) is 12.5 Å². The van der Waals surface area contributed by atoms with Crippen molar-refractivity contribution in [1.82, 2.24) is 4.90 Å². The molecule has 0 aromatic heterocycles. The van der Waals surface area contributed by atoms with Crippen molar-refractivity contribution in [3.63, 3.8) is 0 Å². The van der Waals surface area contributed by atoms with Crippen molar-refractivity contribution < 1.29 is 14.6 Å². The van der Waals surface area contributed by atoms with Gasteiger partial charge in [-0.3, -0.25) is 4.79 Å². The molecule has 1 fully saturated rings. The molecule has 1 aliphatic rings. The molecular weight excluding hydrogens is 242 g/mol. The summed E-state index contributed by atoms with van der Waals surface area (Å²) in [5.41, 5.74) is 1.06. The van der Waals surface area contributed by atoms with Gasteiger partial charge in [-0.15, -0.1) is 0 Å². The second-order valence-corrected chi connectivity index (χ2v) is 5.39. The molecule has 0 spiro atoms. The van der Waals surface area contributed by atoms with E-state index in [0.717, 1.165) is 24.2 Å². The molecule has 0 aliphatic carbocycles. The summed E-state index contributed by atoms with van der Waals surface area (Å²) >= 11 is 0. The number of hydrogen-bond donors (Lipinski definition) is 1. The third-order valence-electron chi connectivity index (χ3n) is 4.12. The number of benzene rings is 1. The molecule has 1 aromatic carbocycles. The number of hydrogen-bond acceptors (Lipinski definition) is 3. The highest BCUT2D eigenvalue weighted by Crippen LogP contribution is 2.40. The molecule has 0 amide bonds. The molecule has 2 rings (SSSR count). The van der Waals surface area contributed by atoms with Crippen molar-refractivity contribution in [2.24, 2.45) is 0 Å². The second kappa shape index (κ2) is 5.21. The number of aryl methyl sites for hydroxylation is 1. The van der Waals surface area contributed by atoms with Crippen LogP contribution in [0.25, 0.3) is 0 Å². The summed E-state index contributed by atoms with van der Waals surface area (Å²) in [7, 11) is 3.62. The normalized spacial score (nSPS) is 19.1. The van der Waals surface area contributed by atoms with E-state index in [4.69, 9.17) is 4.74 Å². The van der Waals surface area contributed by atoms with Crippen LogP contribution < -0.4 is 4.74 Å². The molecule has 1 N–H and O–H groups in total. The first-order valence-corrected chi connectivity index (χ1v) is 6.56. The number of methoxy groups -OCH3 is 1. The van der Waals surface area contributed by atoms with Gasteiger partial charge in [0.1, 0.15) is 5.75 Å². The monoisotopic (exact) mass is 263 g/mol. The Bertz CT molecular complexity index is 476. The third kappa shape index (κ3) is 2.45. The van der Waals surface area contributed by atoms with E-state index in [0.29, 0.717) is 18.6 Å². The standard InChI is InChI=1S/C15H21NO3/c1-11-4-5-13(19-3)12(10-11)15(14(17)18)6-8-16(2)9-7-15/h4-5,10H,6-9H2,1-3H3,(H,17,18). The summed E-state index contributed by atoms with van der Waals surface area (Å²) < 4.78 is 5.38. The number of carbonyl (C=O) groups is 1. The topological polar surface area (TPSA) is 49.8 Å². The lowest BCUT2D eigenvalue weighted by molar-refractivity contribution is -0.145. The van der Waals surface area contributed by atoms with Gasteiger partial charge in [0.25, 0.3) is 0 Å². The molecule has 0 unspecified atom stereocenters. The lowest BCUT2D eigenvalue weighted by atomic mass is 9.72. The van der Waals surface area contributed by atoms with Crippen molar-refractivity contribution in [3.8, 4) is 5.75 Å². The first kappa shape index (κ1) is 13.9. The fourth-order valence-electron chi connectivity index (χ4n) is 2.79. The molecule has 0 radical (unpaired) electrons. The van der Waals surface area contributed by atoms with Gasteiger partial charge in [0, 0.05) is 5.56 Å². The highest BCUT2D eigenvalue weighted by Gasteiger charge is 2.44. The second-order valence-electron chi connectivity index (χ2n) is 5.39. The third-order valence-corrected chi connectivity index (χ3v) is 4.12. The quantitative estimate of drug-likeness (QED) is 0.906. The SMILES string of the molecule is COc1ccc(C)cc1C1(C(=O)O)CCN(C)CC1. The minimum absolute atomic E-state index is 0.624. The Balaban J connectivity index is 2.50. The van der Waals surface area contributed by atoms with Gasteiger partial charge in [0.2, 0.25) is 0 Å². The number of ether oxygens (including phenoxy) is 1. The lowest BCUT2D eigenvalue weighted by Gasteiger charge is -2.38. The number of nitrogens with zero attached hydrogens (tertiary/aromatic N) is 1. The van der Waals surface area contributed by atoms with Crippen LogP contribution in [0.2, 0.25) is 0 Å². The molecule has 0 saturated carbocycles. The fourth-order valence-corrected chi connectivity index (χ4v) is 2.79. The van der Waals surface area contributed by atoms with E-state index in [1.165, 1.54) is 0 Å². The first-order valence-electron chi connectivity index (χ1n) is 6.56. The number of carboxylic acid groups (broad SMARTS) is 1. The van der Waals surface area contributed by atoms with Crippen LogP contribution in [-0.4, -0.2) is 43.2 Å². The summed E-state index contributed by atoms with van der Waals surface area (Å²) in [5, 5.41) is 9.77. The number of likely N-dealkylation sites (tertiary alicyclic amines) is 1. The van der Waals surface area contributed by atoms with Crippen LogP contribution >= 0.6 is 0 Å². The Labute approximate surface area is 114 Å². The fraction of sp³-hybridized carbons (Fsp3) is 0.533. The molecular formula is C15H21NO3. The molecule has 0 bridgehead atoms. The van der Waals surface area contributed by atoms with Crippen LogP contribution in [0.1, 0.15) is 24.0 Å². The molecule has 1 saturated heterocycles. The zero-order valence-corrected chi connectivity index (χ0v) is 11.8. The molecule has 4 heteroatoms. The Morgan fingerprint density at radius 3 is 2.53 bits per heavy atom. The maximum Gasteiger partial charge on any atom is 0.314 e. The van der Waals surface area contributed by atoms with E-state index < -0.39 is 11.4 Å². The van der Waals surface area contributed by atoms with Crippen LogP contribution in [0.3, 0.4) is 0 Å². The summed E-state index contributed by atoms with van der Waals surface area (Å²) in [5.74, 6) is -0.0675. The van der Waals surface area contributed by atoms with Crippen LogP contribution in [0.15, 0.2) is 18.2 Å².